The second-order valence-corrected chi connectivity index (χ2v) is 4.40. The summed E-state index contributed by atoms with van der Waals surface area (Å²) in [5.41, 5.74) is 0. The Hall–Kier alpha value is -0.620. The average Bonchev–Trinajstić information content (AvgIpc) is 2.24. The van der Waals surface area contributed by atoms with Gasteiger partial charge in [-0.05, 0) is 24.8 Å². The van der Waals surface area contributed by atoms with Gasteiger partial charge in [-0.1, -0.05) is 11.8 Å². The van der Waals surface area contributed by atoms with Crippen LogP contribution in [0.3, 0.4) is 0 Å². The van der Waals surface area contributed by atoms with E-state index in [1.165, 1.54) is 23.5 Å². The van der Waals surface area contributed by atoms with Crippen LogP contribution < -0.4 is 0 Å². The summed E-state index contributed by atoms with van der Waals surface area (Å²) < 4.78 is 23.4. The van der Waals surface area contributed by atoms with Gasteiger partial charge in [0.2, 0.25) is 0 Å². The lowest BCUT2D eigenvalue weighted by molar-refractivity contribution is 0.418. The summed E-state index contributed by atoms with van der Waals surface area (Å²) in [4.78, 5) is 8.24. The molecule has 0 aliphatic rings. The van der Waals surface area contributed by atoms with E-state index in [-0.39, 0.29) is 0 Å². The van der Waals surface area contributed by atoms with E-state index in [0.29, 0.717) is 17.3 Å². The Kier molecular flexibility index (Phi) is 5.63. The number of allylic oxidation sites excluding steroid dienone is 1. The van der Waals surface area contributed by atoms with Gasteiger partial charge in [-0.25, -0.2) is 9.97 Å². The highest BCUT2D eigenvalue weighted by Gasteiger charge is 1.98. The van der Waals surface area contributed by atoms with Crippen LogP contribution in [0.25, 0.3) is 0 Å². The van der Waals surface area contributed by atoms with Crippen molar-refractivity contribution in [3.8, 4) is 0 Å². The quantitative estimate of drug-likeness (QED) is 0.345. The maximum Gasteiger partial charge on any atom is 0.266 e. The molecule has 0 aliphatic heterocycles. The maximum absolute atomic E-state index is 11.7. The van der Waals surface area contributed by atoms with Crippen molar-refractivity contribution in [1.82, 2.24) is 9.97 Å². The zero-order chi connectivity index (χ0) is 11.1. The molecule has 6 heteroatoms. The van der Waals surface area contributed by atoms with Gasteiger partial charge < -0.3 is 0 Å². The van der Waals surface area contributed by atoms with Crippen LogP contribution in [0.1, 0.15) is 6.42 Å². The Morgan fingerprint density at radius 3 is 3.00 bits per heavy atom. The van der Waals surface area contributed by atoms with E-state index in [9.17, 15) is 8.78 Å². The molecule has 15 heavy (non-hydrogen) atoms. The van der Waals surface area contributed by atoms with Crippen LogP contribution in [0.4, 0.5) is 8.78 Å². The molecule has 0 saturated carbocycles. The van der Waals surface area contributed by atoms with Crippen LogP contribution >= 0.6 is 23.5 Å². The summed E-state index contributed by atoms with van der Waals surface area (Å²) in [7, 11) is 0. The molecule has 0 aromatic carbocycles. The predicted molar refractivity (Wildman–Crippen MR) is 59.5 cm³/mol. The SMILES string of the molecule is CSc1nccc(SCCC=C(F)F)n1. The number of hydrogen-bond acceptors (Lipinski definition) is 4. The minimum atomic E-state index is -1.62. The monoisotopic (exact) mass is 248 g/mol. The van der Waals surface area contributed by atoms with Gasteiger partial charge in [0.1, 0.15) is 5.03 Å². The molecular formula is C9H10F2N2S2. The summed E-state index contributed by atoms with van der Waals surface area (Å²) >= 11 is 2.91. The first kappa shape index (κ1) is 12.4. The Morgan fingerprint density at radius 1 is 1.53 bits per heavy atom. The van der Waals surface area contributed by atoms with Crippen molar-refractivity contribution in [3.05, 3.63) is 24.4 Å². The highest BCUT2D eigenvalue weighted by atomic mass is 32.2. The molecule has 0 N–H and O–H groups in total. The highest BCUT2D eigenvalue weighted by Crippen LogP contribution is 2.18. The normalized spacial score (nSPS) is 10.1. The van der Waals surface area contributed by atoms with Crippen molar-refractivity contribution in [3.63, 3.8) is 0 Å². The molecular weight excluding hydrogens is 238 g/mol. The van der Waals surface area contributed by atoms with Crippen LogP contribution in [0.15, 0.2) is 34.6 Å². The van der Waals surface area contributed by atoms with Crippen LogP contribution in [0.2, 0.25) is 0 Å². The molecule has 0 fully saturated rings. The van der Waals surface area contributed by atoms with E-state index in [2.05, 4.69) is 9.97 Å². The van der Waals surface area contributed by atoms with Crippen molar-refractivity contribution in [2.24, 2.45) is 0 Å². The molecule has 0 atom stereocenters. The molecule has 2 nitrogen and oxygen atoms in total. The van der Waals surface area contributed by atoms with Gasteiger partial charge in [-0.3, -0.25) is 0 Å². The summed E-state index contributed by atoms with van der Waals surface area (Å²) in [6.45, 7) is 0. The molecule has 0 saturated heterocycles. The van der Waals surface area contributed by atoms with E-state index in [4.69, 9.17) is 0 Å². The molecule has 1 rings (SSSR count). The van der Waals surface area contributed by atoms with Crippen LogP contribution in [-0.4, -0.2) is 22.0 Å². The molecule has 82 valence electrons. The molecule has 0 spiro atoms. The Bertz CT molecular complexity index is 341. The van der Waals surface area contributed by atoms with Crippen molar-refractivity contribution in [1.29, 1.82) is 0 Å². The Morgan fingerprint density at radius 2 is 2.33 bits per heavy atom. The van der Waals surface area contributed by atoms with Crippen LogP contribution in [0, 0.1) is 0 Å². The second-order valence-electron chi connectivity index (χ2n) is 2.51. The van der Waals surface area contributed by atoms with Gasteiger partial charge in [-0.15, -0.1) is 11.8 Å². The molecule has 0 bridgehead atoms. The molecule has 0 unspecified atom stereocenters. The number of rotatable bonds is 5. The number of nitrogens with zero attached hydrogens (tertiary/aromatic N) is 2. The summed E-state index contributed by atoms with van der Waals surface area (Å²) in [6.07, 6.45) is 3.22. The summed E-state index contributed by atoms with van der Waals surface area (Å²) in [5, 5.41) is 1.52. The highest BCUT2D eigenvalue weighted by molar-refractivity contribution is 7.99. The number of halogens is 2. The molecule has 0 aliphatic carbocycles. The van der Waals surface area contributed by atoms with Crippen molar-refractivity contribution < 1.29 is 8.78 Å². The van der Waals surface area contributed by atoms with Gasteiger partial charge in [0.15, 0.2) is 5.16 Å². The number of aromatic nitrogens is 2. The first-order valence-electron chi connectivity index (χ1n) is 4.23. The van der Waals surface area contributed by atoms with E-state index in [1.807, 2.05) is 6.26 Å². The topological polar surface area (TPSA) is 25.8 Å². The van der Waals surface area contributed by atoms with Crippen molar-refractivity contribution in [2.45, 2.75) is 16.6 Å². The van der Waals surface area contributed by atoms with E-state index in [1.54, 1.807) is 12.3 Å². The molecule has 0 amide bonds. The maximum atomic E-state index is 11.7. The molecule has 1 heterocycles. The van der Waals surface area contributed by atoms with Gasteiger partial charge in [0, 0.05) is 11.9 Å². The van der Waals surface area contributed by atoms with Crippen molar-refractivity contribution in [2.75, 3.05) is 12.0 Å². The number of thioether (sulfide) groups is 2. The minimum absolute atomic E-state index is 0.353. The van der Waals surface area contributed by atoms with Crippen LogP contribution in [-0.2, 0) is 0 Å². The van der Waals surface area contributed by atoms with E-state index in [0.717, 1.165) is 11.1 Å². The fraction of sp³-hybridized carbons (Fsp3) is 0.333. The largest absolute Gasteiger partial charge is 0.266 e. The summed E-state index contributed by atoms with van der Waals surface area (Å²) in [5.74, 6) is 0.599. The first-order valence-corrected chi connectivity index (χ1v) is 6.44. The summed E-state index contributed by atoms with van der Waals surface area (Å²) in [6, 6.07) is 1.78. The lowest BCUT2D eigenvalue weighted by Gasteiger charge is -1.99. The second kappa shape index (κ2) is 6.79. The Balaban J connectivity index is 2.40. The van der Waals surface area contributed by atoms with Crippen LogP contribution in [0.5, 0.6) is 0 Å². The first-order chi connectivity index (χ1) is 7.22. The van der Waals surface area contributed by atoms with Gasteiger partial charge >= 0.3 is 0 Å². The predicted octanol–water partition coefficient (Wildman–Crippen LogP) is 3.46. The van der Waals surface area contributed by atoms with Gasteiger partial charge in [-0.2, -0.15) is 8.78 Å². The van der Waals surface area contributed by atoms with Gasteiger partial charge in [0.05, 0.1) is 0 Å². The van der Waals surface area contributed by atoms with E-state index >= 15 is 0 Å². The lowest BCUT2D eigenvalue weighted by Crippen LogP contribution is -1.87. The fourth-order valence-corrected chi connectivity index (χ4v) is 2.00. The average molecular weight is 248 g/mol. The molecule has 1 aromatic heterocycles. The standard InChI is InChI=1S/C9H10F2N2S2/c1-14-9-12-5-4-8(13-9)15-6-2-3-7(10)11/h3-5H,2,6H2,1H3. The third kappa shape index (κ3) is 5.13. The molecule has 1 aromatic rings. The Labute approximate surface area is 95.6 Å². The fourth-order valence-electron chi connectivity index (χ4n) is 0.835. The smallest absolute Gasteiger partial charge is 0.231 e. The third-order valence-corrected chi connectivity index (χ3v) is 2.98. The minimum Gasteiger partial charge on any atom is -0.231 e. The van der Waals surface area contributed by atoms with E-state index < -0.39 is 6.08 Å². The van der Waals surface area contributed by atoms with Gasteiger partial charge in [0.25, 0.3) is 6.08 Å². The number of hydrogen-bond donors (Lipinski definition) is 0. The van der Waals surface area contributed by atoms with Crippen molar-refractivity contribution >= 4 is 23.5 Å². The molecule has 0 radical (unpaired) electrons. The zero-order valence-corrected chi connectivity index (χ0v) is 9.75. The lowest BCUT2D eigenvalue weighted by atomic mass is 10.5. The third-order valence-electron chi connectivity index (χ3n) is 1.46. The zero-order valence-electron chi connectivity index (χ0n) is 8.11.